The van der Waals surface area contributed by atoms with Gasteiger partial charge in [0, 0.05) is 39.1 Å². The van der Waals surface area contributed by atoms with Gasteiger partial charge in [0.05, 0.1) is 99.5 Å². The maximum atomic E-state index is 13.8. The molecule has 0 aromatic carbocycles. The van der Waals surface area contributed by atoms with Crippen LogP contribution in [0.1, 0.15) is 90.2 Å². The fraction of sp³-hybridized carbons (Fsp3) is 0.821. The number of unbranched alkanes of at least 4 members (excludes halogenated alkanes) is 5. The van der Waals surface area contributed by atoms with Gasteiger partial charge in [0.1, 0.15) is 67.1 Å². The first kappa shape index (κ1) is 121. The molecule has 0 spiro atoms. The Hall–Kier alpha value is 0.340. The van der Waals surface area contributed by atoms with Gasteiger partial charge in [-0.15, -0.1) is 30.4 Å². The number of carboxylic acids is 2. The summed E-state index contributed by atoms with van der Waals surface area (Å²) in [5, 5.41) is 119. The maximum Gasteiger partial charge on any atom is 1.00 e. The van der Waals surface area contributed by atoms with Gasteiger partial charge in [0.2, 0.25) is 44.4 Å². The zero-order valence-corrected chi connectivity index (χ0v) is 78.8. The van der Waals surface area contributed by atoms with Crippen LogP contribution in [0.5, 0.6) is 0 Å². The van der Waals surface area contributed by atoms with Crippen molar-refractivity contribution in [2.24, 2.45) is 11.8 Å². The molecule has 6 aliphatic rings. The van der Waals surface area contributed by atoms with E-state index in [1.54, 1.807) is 11.1 Å². The van der Waals surface area contributed by atoms with Crippen LogP contribution in [-0.2, 0) is 131 Å². The van der Waals surface area contributed by atoms with E-state index >= 15 is 0 Å². The molecule has 7 heterocycles. The smallest absolute Gasteiger partial charge is 0.726 e. The molecule has 24 atom stereocenters. The molecule has 0 bridgehead atoms. The summed E-state index contributed by atoms with van der Waals surface area (Å²) in [5.74, 6) is -5.84. The van der Waals surface area contributed by atoms with Crippen molar-refractivity contribution < 1.29 is 365 Å². The number of carbonyl (C=O) groups excluding carboxylic acids is 6. The minimum atomic E-state index is -4.92. The molecule has 0 radical (unpaired) electrons. The number of rotatable bonds is 34. The molecule has 6 fully saturated rings. The summed E-state index contributed by atoms with van der Waals surface area (Å²) in [6.45, 7) is 11.5. The Bertz CT molecular complexity index is 3400. The first-order valence-corrected chi connectivity index (χ1v) is 37.6. The Morgan fingerprint density at radius 2 is 0.982 bits per heavy atom. The van der Waals surface area contributed by atoms with Crippen molar-refractivity contribution in [2.75, 3.05) is 46.1 Å². The summed E-state index contributed by atoms with van der Waals surface area (Å²) in [5.41, 5.74) is 16.6. The molecule has 114 heavy (non-hydrogen) atoms. The number of aromatic nitrogens is 3. The summed E-state index contributed by atoms with van der Waals surface area (Å²) >= 11 is 0. The Labute approximate surface area is 790 Å². The number of nitrogens with zero attached hydrogens (tertiary/aromatic N) is 5. The van der Waals surface area contributed by atoms with E-state index in [-0.39, 0.29) is 285 Å². The van der Waals surface area contributed by atoms with Crippen LogP contribution in [-0.4, -0.2) is 342 Å². The summed E-state index contributed by atoms with van der Waals surface area (Å²) < 4.78 is 173. The van der Waals surface area contributed by atoms with Crippen LogP contribution in [0.25, 0.3) is 11.5 Å². The number of aliphatic hydroxyl groups is 8. The van der Waals surface area contributed by atoms with Crippen molar-refractivity contribution in [1.82, 2.24) is 30.1 Å². The van der Waals surface area contributed by atoms with E-state index in [0.29, 0.717) is 63.5 Å². The molecule has 6 saturated heterocycles. The van der Waals surface area contributed by atoms with Crippen molar-refractivity contribution in [3.63, 3.8) is 0 Å². The van der Waals surface area contributed by atoms with Gasteiger partial charge in [-0.2, -0.15) is 0 Å². The second-order valence-corrected chi connectivity index (χ2v) is 26.9. The van der Waals surface area contributed by atoms with Crippen molar-refractivity contribution in [2.45, 2.75) is 232 Å². The zero-order chi connectivity index (χ0) is 81.8. The van der Waals surface area contributed by atoms with Crippen LogP contribution in [0, 0.1) is 25.7 Å². The molecule has 0 aliphatic carbocycles. The standard InChI is InChI=1S/C56H88N8O26.6Na.2H2O4S.2O3S/c1-5-29-33-34(30(6-2)86-29)50(76)64(49(33)75)18-12-9-11-17-62(24-28-25-63(61-60-28)19-21-81-22-23-83-56-44(74)42(72)46(48(90-56)52(79)80)88-54-36(58)40(70)38(68)27(4)85-54)32(66)15-14-31(65)59-16-10-7-8-13-20-82-55-43(73)41(71)45(47(89-55)51(77)78)87-53-35(57)39(69)37(67)26(3)84-53;;;;;;;2*1-5(2,3)4;2*1-4(2)3/h25-27,29-30,33-48,53-58,67-74H,3-24H2,1-2H3,(H,59,65)(H,77,78)(H,79,80);;;;;;;2*(H2,1,2,3,4);;/q-4;6*+1;;;;/p-4/t26?,27?,29-,30+,33+,34-,35?,36?,37-,38-,39-,40-,41-,42-,43?,44?,45+,46+,47?,48?,53-,54-,55-,56-;;;;;;;;;;/m1........../s1. The number of aliphatic hydroxyl groups excluding tert-OH is 8. The van der Waals surface area contributed by atoms with E-state index in [4.69, 9.17) is 119 Å². The van der Waals surface area contributed by atoms with Crippen LogP contribution in [0.3, 0.4) is 0 Å². The third-order valence-corrected chi connectivity index (χ3v) is 16.8. The van der Waals surface area contributed by atoms with Gasteiger partial charge in [0.25, 0.3) is 0 Å². The van der Waals surface area contributed by atoms with E-state index in [9.17, 15) is 79.8 Å². The number of fused-ring (bicyclic) bond motifs is 1. The number of amides is 4. The van der Waals surface area contributed by atoms with Crippen LogP contribution in [0.2, 0.25) is 0 Å². The number of hydrogen-bond donors (Lipinski definition) is 11. The molecule has 0 saturated carbocycles. The topological polar surface area (TPSA) is 757 Å². The van der Waals surface area contributed by atoms with Crippen LogP contribution >= 0.6 is 0 Å². The fourth-order valence-corrected chi connectivity index (χ4v) is 11.6. The largest absolute Gasteiger partial charge is 1.00 e. The average molecular weight is 1780 g/mol. The van der Waals surface area contributed by atoms with E-state index in [2.05, 4.69) is 29.5 Å². The first-order chi connectivity index (χ1) is 50.3. The van der Waals surface area contributed by atoms with Gasteiger partial charge >= 0.3 is 199 Å². The molecular weight excluding hydrogens is 1690 g/mol. The number of nitrogens with one attached hydrogen (secondary N) is 3. The number of carbonyl (C=O) groups is 6. The summed E-state index contributed by atoms with van der Waals surface area (Å²) in [6, 6.07) is -3.27. The maximum absolute atomic E-state index is 13.8. The third kappa shape index (κ3) is 41.9. The second-order valence-electron chi connectivity index (χ2n) is 24.4. The fourth-order valence-electron chi connectivity index (χ4n) is 11.6. The molecule has 7 rings (SSSR count). The first-order valence-electron chi connectivity index (χ1n) is 32.9. The Morgan fingerprint density at radius 3 is 1.40 bits per heavy atom. The second kappa shape index (κ2) is 60.0. The number of hydrogen-bond acceptors (Lipinski definition) is 40. The summed E-state index contributed by atoms with van der Waals surface area (Å²) in [4.78, 5) is 80.5. The number of carboxylic acid groups (broad SMARTS) is 2. The summed E-state index contributed by atoms with van der Waals surface area (Å²) in [7, 11) is -16.1. The van der Waals surface area contributed by atoms with Gasteiger partial charge in [-0.05, 0) is 57.2 Å². The predicted molar refractivity (Wildman–Crippen MR) is 339 cm³/mol. The average Bonchev–Trinajstić information content (AvgIpc) is 1.56. The van der Waals surface area contributed by atoms with Gasteiger partial charge in [0.15, 0.2) is 12.6 Å². The summed E-state index contributed by atoms with van der Waals surface area (Å²) in [6.07, 6.45) is -25.2. The van der Waals surface area contributed by atoms with Crippen LogP contribution < -0.4 is 193 Å². The molecule has 58 heteroatoms. The molecule has 48 nitrogen and oxygen atoms in total. The quantitative estimate of drug-likeness (QED) is 0.00762. The number of aliphatic carboxylic acids is 2. The third-order valence-electron chi connectivity index (χ3n) is 16.8. The molecule has 13 N–H and O–H groups in total. The van der Waals surface area contributed by atoms with E-state index < -0.39 is 188 Å². The van der Waals surface area contributed by atoms with E-state index in [0.717, 1.165) is 0 Å². The molecule has 624 valence electrons. The normalized spacial score (nSPS) is 30.7. The molecule has 4 amide bonds. The van der Waals surface area contributed by atoms with Gasteiger partial charge in [-0.1, -0.05) is 44.0 Å². The van der Waals surface area contributed by atoms with Gasteiger partial charge in [-0.3, -0.25) is 33.2 Å². The number of imide groups is 1. The zero-order valence-electron chi connectivity index (χ0n) is 63.6. The SMILES string of the molecule is O=S(=O)([O-])O.O=S(=O)([O-])O.O=S(=O)=O.O=S(=O)=O.[CH2-]C1O[C@H](O[C@@H]2C(C(=O)[O-])O[C@@H](OCCCCCCNC(=O)CCC(=O)N(CCCCCN3C(=O)[C@@H]4[C@H](C3=O)[C@H](CC)O[C@@H]4CC)Cc3cn(CCOCCO[C@@H]4OC(C(=O)[O-])[C@@H](O[C@H]5OC([CH2-])[C@@H](O)[C@H](O)C5[NH-])[C@H](O)C4O)nn3)C(O)[C@H]2O)C([NH-])[C@@H](O)[C@@H]1O.[Na+].[Na+].[Na+].[Na+].[Na+].[Na+]. The van der Waals surface area contributed by atoms with Crippen molar-refractivity contribution in [1.29, 1.82) is 0 Å². The van der Waals surface area contributed by atoms with Crippen molar-refractivity contribution in [3.05, 3.63) is 37.2 Å². The Morgan fingerprint density at radius 1 is 0.570 bits per heavy atom. The molecule has 1 aromatic heterocycles. The van der Waals surface area contributed by atoms with Gasteiger partial charge in [-0.25, -0.2) is 21.5 Å². The van der Waals surface area contributed by atoms with E-state index in [1.165, 1.54) is 9.58 Å². The van der Waals surface area contributed by atoms with Crippen LogP contribution in [0.15, 0.2) is 6.20 Å². The number of ether oxygens (including phenoxy) is 10. The van der Waals surface area contributed by atoms with Gasteiger partial charge < -0.3 is 153 Å². The number of likely N-dealkylation sites (tertiary alicyclic amines) is 1. The molecular formula is C56H88N8Na6O40S4-2. The van der Waals surface area contributed by atoms with Crippen LogP contribution in [0.4, 0.5) is 0 Å². The monoisotopic (exact) mass is 1780 g/mol. The Kier molecular flexibility index (Phi) is 63.5. The minimum absolute atomic E-state index is 0. The Balaban J connectivity index is -0.00000227. The predicted octanol–water partition coefficient (Wildman–Crippen LogP) is -27.9. The minimum Gasteiger partial charge on any atom is -0.726 e. The van der Waals surface area contributed by atoms with Crippen molar-refractivity contribution >= 4 is 77.6 Å². The molecule has 6 aliphatic heterocycles. The van der Waals surface area contributed by atoms with E-state index in [1.807, 2.05) is 13.8 Å². The molecule has 1 aromatic rings. The van der Waals surface area contributed by atoms with Crippen molar-refractivity contribution in [3.8, 4) is 0 Å². The molecule has 8 unspecified atom stereocenters.